The highest BCUT2D eigenvalue weighted by atomic mass is 16.6. The summed E-state index contributed by atoms with van der Waals surface area (Å²) >= 11 is 0. The first-order chi connectivity index (χ1) is 46.6. The fourth-order valence-electron chi connectivity index (χ4n) is 10.4. The highest BCUT2D eigenvalue weighted by Gasteiger charge is 2.16. The molecule has 1 N–H and O–H groups in total. The molecule has 0 aromatic rings. The van der Waals surface area contributed by atoms with Crippen LogP contribution in [0.1, 0.15) is 322 Å². The van der Waals surface area contributed by atoms with Crippen LogP contribution in [0.4, 0.5) is 0 Å². The van der Waals surface area contributed by atoms with Gasteiger partial charge >= 0.3 is 11.9 Å². The van der Waals surface area contributed by atoms with Crippen LogP contribution in [0.5, 0.6) is 0 Å². The number of hydrogen-bond acceptors (Lipinski definition) is 5. The summed E-state index contributed by atoms with van der Waals surface area (Å²) in [5.74, 6) is -0.622. The van der Waals surface area contributed by atoms with E-state index in [2.05, 4.69) is 220 Å². The van der Waals surface area contributed by atoms with Crippen LogP contribution in [-0.2, 0) is 19.1 Å². The lowest BCUT2D eigenvalue weighted by atomic mass is 10.0. The molecule has 0 aromatic heterocycles. The average molecular weight is 1290 g/mol. The van der Waals surface area contributed by atoms with Gasteiger partial charge in [0.1, 0.15) is 6.61 Å². The first-order valence-electron chi connectivity index (χ1n) is 38.6. The molecule has 5 heteroatoms. The van der Waals surface area contributed by atoms with Crippen molar-refractivity contribution >= 4 is 11.9 Å². The second-order valence-corrected chi connectivity index (χ2v) is 25.0. The predicted molar refractivity (Wildman–Crippen MR) is 416 cm³/mol. The van der Waals surface area contributed by atoms with E-state index >= 15 is 0 Å². The number of carbonyl (C=O) groups is 2. The van der Waals surface area contributed by atoms with Gasteiger partial charge in [0, 0.05) is 12.8 Å². The summed E-state index contributed by atoms with van der Waals surface area (Å²) in [4.78, 5) is 24.7. The summed E-state index contributed by atoms with van der Waals surface area (Å²) in [5, 5.41) is 9.72. The van der Waals surface area contributed by atoms with Crippen LogP contribution in [0.15, 0.2) is 207 Å². The summed E-state index contributed by atoms with van der Waals surface area (Å²) in [7, 11) is 0. The zero-order chi connectivity index (χ0) is 67.5. The molecule has 0 saturated carbocycles. The maximum atomic E-state index is 12.4. The maximum absolute atomic E-state index is 12.4. The minimum atomic E-state index is -0.800. The van der Waals surface area contributed by atoms with Crippen molar-refractivity contribution in [2.24, 2.45) is 0 Å². The van der Waals surface area contributed by atoms with Crippen LogP contribution < -0.4 is 0 Å². The molecule has 0 fully saturated rings. The van der Waals surface area contributed by atoms with Gasteiger partial charge < -0.3 is 14.6 Å². The number of aliphatic hydroxyl groups excluding tert-OH is 1. The molecule has 94 heavy (non-hydrogen) atoms. The molecular formula is C89H142O5. The van der Waals surface area contributed by atoms with Crippen LogP contribution in [0.25, 0.3) is 0 Å². The van der Waals surface area contributed by atoms with E-state index in [-0.39, 0.29) is 25.2 Å². The first kappa shape index (κ1) is 88.5. The van der Waals surface area contributed by atoms with Gasteiger partial charge in [0.05, 0.1) is 6.61 Å². The molecule has 0 aromatic carbocycles. The minimum Gasteiger partial charge on any atom is -0.462 e. The second kappa shape index (κ2) is 81.7. The van der Waals surface area contributed by atoms with Crippen molar-refractivity contribution in [1.29, 1.82) is 0 Å². The highest BCUT2D eigenvalue weighted by Crippen LogP contribution is 2.17. The largest absolute Gasteiger partial charge is 0.462 e. The quantitative estimate of drug-likeness (QED) is 0.0373. The Morgan fingerprint density at radius 1 is 0.245 bits per heavy atom. The number of rotatable bonds is 69. The Bertz CT molecular complexity index is 2160. The van der Waals surface area contributed by atoms with E-state index in [1.54, 1.807) is 0 Å². The number of allylic oxidation sites excluding steroid dienone is 34. The molecule has 0 rings (SSSR count). The molecule has 0 bridgehead atoms. The van der Waals surface area contributed by atoms with Gasteiger partial charge in [0.15, 0.2) is 6.10 Å². The third-order valence-corrected chi connectivity index (χ3v) is 16.1. The minimum absolute atomic E-state index is 0.0850. The van der Waals surface area contributed by atoms with Crippen LogP contribution in [0.3, 0.4) is 0 Å². The van der Waals surface area contributed by atoms with Gasteiger partial charge in [-0.15, -0.1) is 0 Å². The van der Waals surface area contributed by atoms with Gasteiger partial charge in [-0.3, -0.25) is 9.59 Å². The third kappa shape index (κ3) is 78.9. The number of hydrogen-bond donors (Lipinski definition) is 1. The van der Waals surface area contributed by atoms with Gasteiger partial charge in [0.2, 0.25) is 0 Å². The van der Waals surface area contributed by atoms with E-state index in [0.717, 1.165) is 161 Å². The smallest absolute Gasteiger partial charge is 0.306 e. The average Bonchev–Trinajstić information content (AvgIpc) is 3.77. The van der Waals surface area contributed by atoms with Gasteiger partial charge in [-0.05, 0) is 148 Å². The zero-order valence-electron chi connectivity index (χ0n) is 60.6. The van der Waals surface area contributed by atoms with Crippen molar-refractivity contribution in [3.05, 3.63) is 207 Å². The Hall–Kier alpha value is -5.52. The summed E-state index contributed by atoms with van der Waals surface area (Å²) in [6, 6.07) is 0. The van der Waals surface area contributed by atoms with E-state index in [0.29, 0.717) is 12.8 Å². The van der Waals surface area contributed by atoms with E-state index in [9.17, 15) is 14.7 Å². The Kier molecular flexibility index (Phi) is 76.9. The van der Waals surface area contributed by atoms with Crippen LogP contribution in [0, 0.1) is 0 Å². The molecule has 0 spiro atoms. The van der Waals surface area contributed by atoms with Crippen molar-refractivity contribution in [3.63, 3.8) is 0 Å². The van der Waals surface area contributed by atoms with Crippen LogP contribution >= 0.6 is 0 Å². The Labute approximate surface area is 580 Å². The number of carbonyl (C=O) groups excluding carboxylic acids is 2. The standard InChI is InChI=1S/C89H142O5/c1-3-5-7-9-11-13-15-17-19-21-23-25-27-29-31-33-35-37-39-41-43-44-46-48-50-52-54-56-58-60-62-64-66-68-70-72-74-76-78-80-82-84-89(92)94-87(85-90)86-93-88(91)83-81-79-77-75-73-71-69-67-65-63-61-59-57-55-53-51-49-47-45-42-40-38-36-34-32-30-28-26-24-22-20-18-16-14-12-10-8-6-4-2/h5-8,11-14,17-20,23-26,29-32,35,37,41,43,46,48,52,54,58,60,64,66,70,72,87,90H,3-4,9-10,15-16,21-22,27-28,33-34,36,38-40,42,44-45,47,49-51,53,55-57,59,61-63,65,67-69,71,73-86H2,1-2H3/b7-5-,8-6-,13-11-,14-12-,19-17-,20-18-,25-23-,26-24-,31-29-,32-30-,37-35-,43-41-,48-46-,54-52-,60-58-,66-64-,72-70-. The lowest BCUT2D eigenvalue weighted by Gasteiger charge is -2.15. The van der Waals surface area contributed by atoms with E-state index in [1.807, 2.05) is 0 Å². The number of unbranched alkanes of at least 4 members (excludes halogenated alkanes) is 27. The highest BCUT2D eigenvalue weighted by molar-refractivity contribution is 5.70. The molecule has 0 saturated heterocycles. The molecule has 1 atom stereocenters. The molecule has 0 radical (unpaired) electrons. The second-order valence-electron chi connectivity index (χ2n) is 25.0. The zero-order valence-corrected chi connectivity index (χ0v) is 60.6. The Morgan fingerprint density at radius 2 is 0.426 bits per heavy atom. The predicted octanol–water partition coefficient (Wildman–Crippen LogP) is 27.7. The van der Waals surface area contributed by atoms with Gasteiger partial charge in [-0.25, -0.2) is 0 Å². The molecule has 5 nitrogen and oxygen atoms in total. The van der Waals surface area contributed by atoms with Gasteiger partial charge in [-0.1, -0.05) is 368 Å². The van der Waals surface area contributed by atoms with E-state index < -0.39 is 6.10 Å². The van der Waals surface area contributed by atoms with Crippen molar-refractivity contribution in [3.8, 4) is 0 Å². The molecule has 0 aliphatic carbocycles. The normalized spacial score (nSPS) is 13.4. The maximum Gasteiger partial charge on any atom is 0.306 e. The summed E-state index contributed by atoms with van der Waals surface area (Å²) in [6.45, 7) is 3.90. The van der Waals surface area contributed by atoms with E-state index in [1.165, 1.54) is 135 Å². The summed E-state index contributed by atoms with van der Waals surface area (Å²) < 4.78 is 10.8. The summed E-state index contributed by atoms with van der Waals surface area (Å²) in [6.07, 6.45) is 130. The van der Waals surface area contributed by atoms with Gasteiger partial charge in [-0.2, -0.15) is 0 Å². The van der Waals surface area contributed by atoms with E-state index in [4.69, 9.17) is 9.47 Å². The lowest BCUT2D eigenvalue weighted by Crippen LogP contribution is -2.28. The van der Waals surface area contributed by atoms with Crippen LogP contribution in [-0.4, -0.2) is 36.4 Å². The molecule has 0 heterocycles. The third-order valence-electron chi connectivity index (χ3n) is 16.1. The first-order valence-corrected chi connectivity index (χ1v) is 38.6. The molecular weight excluding hydrogens is 1150 g/mol. The fraction of sp³-hybridized carbons (Fsp3) is 0.596. The van der Waals surface area contributed by atoms with Crippen molar-refractivity contribution in [2.45, 2.75) is 328 Å². The topological polar surface area (TPSA) is 72.8 Å². The summed E-state index contributed by atoms with van der Waals surface area (Å²) in [5.41, 5.74) is 0. The SMILES string of the molecule is CC/C=C\C/C=C\C/C=C\C/C=C\C/C=C\C/C=C\C/C=C\C/C=C\C/C=C\C/C=C\C/C=C\C/C=C\CCCCCCC(=O)OC(CO)COC(=O)CCCCCCCCCCCCCCCCCCCCCCCCC/C=C\C/C=C\C/C=C\C/C=C\C/C=C\CC. The number of ether oxygens (including phenoxy) is 2. The van der Waals surface area contributed by atoms with Crippen molar-refractivity contribution in [1.82, 2.24) is 0 Å². The monoisotopic (exact) mass is 1290 g/mol. The number of aliphatic hydroxyl groups is 1. The molecule has 0 amide bonds. The molecule has 528 valence electrons. The fourth-order valence-corrected chi connectivity index (χ4v) is 10.4. The van der Waals surface area contributed by atoms with Crippen molar-refractivity contribution < 1.29 is 24.2 Å². The molecule has 0 aliphatic heterocycles. The molecule has 0 aliphatic rings. The molecule has 1 unspecified atom stereocenters. The van der Waals surface area contributed by atoms with Gasteiger partial charge in [0.25, 0.3) is 0 Å². The number of esters is 2. The van der Waals surface area contributed by atoms with Crippen molar-refractivity contribution in [2.75, 3.05) is 13.2 Å². The Morgan fingerprint density at radius 3 is 0.638 bits per heavy atom. The lowest BCUT2D eigenvalue weighted by molar-refractivity contribution is -0.161. The van der Waals surface area contributed by atoms with Crippen LogP contribution in [0.2, 0.25) is 0 Å². The Balaban J connectivity index is 3.57.